The van der Waals surface area contributed by atoms with Crippen molar-refractivity contribution in [3.63, 3.8) is 0 Å². The van der Waals surface area contributed by atoms with Crippen molar-refractivity contribution in [3.8, 4) is 0 Å². The Hall–Kier alpha value is -1.70. The molecule has 2 amide bonds. The SMILES string of the molecule is CC(C)C[C@@]1(CO)CCCN1C(=O)NCc1nccn1C(F)F. The number of carbonyl (C=O) groups excluding carboxylic acids is 1. The number of nitrogens with one attached hydrogen (secondary N) is 1. The van der Waals surface area contributed by atoms with Crippen molar-refractivity contribution in [3.05, 3.63) is 18.2 Å². The molecule has 0 spiro atoms. The van der Waals surface area contributed by atoms with Crippen LogP contribution in [0.25, 0.3) is 0 Å². The van der Waals surface area contributed by atoms with Crippen molar-refractivity contribution in [2.45, 2.75) is 51.7 Å². The van der Waals surface area contributed by atoms with Gasteiger partial charge in [-0.1, -0.05) is 13.8 Å². The van der Waals surface area contributed by atoms with E-state index in [9.17, 15) is 18.7 Å². The van der Waals surface area contributed by atoms with E-state index < -0.39 is 12.1 Å². The molecule has 0 bridgehead atoms. The monoisotopic (exact) mass is 330 g/mol. The van der Waals surface area contributed by atoms with Gasteiger partial charge < -0.3 is 15.3 Å². The molecule has 2 heterocycles. The summed E-state index contributed by atoms with van der Waals surface area (Å²) in [5, 5.41) is 12.5. The first-order valence-corrected chi connectivity index (χ1v) is 7.86. The van der Waals surface area contributed by atoms with Crippen LogP contribution in [-0.4, -0.2) is 44.3 Å². The van der Waals surface area contributed by atoms with Gasteiger partial charge in [-0.25, -0.2) is 9.78 Å². The van der Waals surface area contributed by atoms with E-state index in [0.717, 1.165) is 17.4 Å². The maximum Gasteiger partial charge on any atom is 0.319 e. The topological polar surface area (TPSA) is 70.4 Å². The van der Waals surface area contributed by atoms with Crippen molar-refractivity contribution < 1.29 is 18.7 Å². The number of rotatable bonds is 6. The van der Waals surface area contributed by atoms with Crippen LogP contribution in [0, 0.1) is 5.92 Å². The lowest BCUT2D eigenvalue weighted by Crippen LogP contribution is -2.54. The highest BCUT2D eigenvalue weighted by Gasteiger charge is 2.43. The summed E-state index contributed by atoms with van der Waals surface area (Å²) in [4.78, 5) is 17.9. The number of amides is 2. The Balaban J connectivity index is 2.03. The summed E-state index contributed by atoms with van der Waals surface area (Å²) in [5.41, 5.74) is -0.559. The number of aliphatic hydroxyl groups excluding tert-OH is 1. The van der Waals surface area contributed by atoms with E-state index in [2.05, 4.69) is 10.3 Å². The molecule has 1 aliphatic heterocycles. The Morgan fingerprint density at radius 2 is 2.26 bits per heavy atom. The lowest BCUT2D eigenvalue weighted by atomic mass is 9.87. The molecular weight excluding hydrogens is 306 g/mol. The minimum Gasteiger partial charge on any atom is -0.394 e. The van der Waals surface area contributed by atoms with Crippen LogP contribution in [-0.2, 0) is 6.54 Å². The lowest BCUT2D eigenvalue weighted by molar-refractivity contribution is 0.0631. The zero-order valence-electron chi connectivity index (χ0n) is 13.5. The van der Waals surface area contributed by atoms with Gasteiger partial charge in [-0.2, -0.15) is 8.78 Å². The van der Waals surface area contributed by atoms with Gasteiger partial charge in [-0.05, 0) is 25.2 Å². The van der Waals surface area contributed by atoms with Crippen LogP contribution in [0.2, 0.25) is 0 Å². The van der Waals surface area contributed by atoms with Crippen molar-refractivity contribution in [1.29, 1.82) is 0 Å². The first-order valence-electron chi connectivity index (χ1n) is 7.86. The van der Waals surface area contributed by atoms with Gasteiger partial charge in [-0.3, -0.25) is 4.57 Å². The molecule has 6 nitrogen and oxygen atoms in total. The summed E-state index contributed by atoms with van der Waals surface area (Å²) in [6.45, 7) is 1.80. The number of likely N-dealkylation sites (tertiary alicyclic amines) is 1. The number of urea groups is 1. The van der Waals surface area contributed by atoms with Gasteiger partial charge in [-0.15, -0.1) is 0 Å². The van der Waals surface area contributed by atoms with Gasteiger partial charge >= 0.3 is 12.6 Å². The lowest BCUT2D eigenvalue weighted by Gasteiger charge is -2.38. The molecule has 2 rings (SSSR count). The second kappa shape index (κ2) is 7.25. The number of alkyl halides is 2. The second-order valence-corrected chi connectivity index (χ2v) is 6.42. The third-order valence-electron chi connectivity index (χ3n) is 4.28. The molecule has 0 unspecified atom stereocenters. The quantitative estimate of drug-likeness (QED) is 0.841. The molecule has 1 aliphatic rings. The Morgan fingerprint density at radius 3 is 2.87 bits per heavy atom. The molecule has 1 aromatic heterocycles. The molecule has 1 aromatic rings. The number of imidazole rings is 1. The van der Waals surface area contributed by atoms with Crippen LogP contribution in [0.3, 0.4) is 0 Å². The van der Waals surface area contributed by atoms with Crippen LogP contribution < -0.4 is 5.32 Å². The number of nitrogens with zero attached hydrogens (tertiary/aromatic N) is 3. The molecule has 0 radical (unpaired) electrons. The van der Waals surface area contributed by atoms with E-state index in [4.69, 9.17) is 0 Å². The molecule has 23 heavy (non-hydrogen) atoms. The fourth-order valence-corrected chi connectivity index (χ4v) is 3.37. The Morgan fingerprint density at radius 1 is 1.52 bits per heavy atom. The third-order valence-corrected chi connectivity index (χ3v) is 4.28. The maximum atomic E-state index is 12.8. The third kappa shape index (κ3) is 3.80. The van der Waals surface area contributed by atoms with Crippen molar-refractivity contribution >= 4 is 6.03 Å². The highest BCUT2D eigenvalue weighted by Crippen LogP contribution is 2.34. The van der Waals surface area contributed by atoms with Gasteiger partial charge in [0.05, 0.1) is 18.7 Å². The Bertz CT molecular complexity index is 535. The van der Waals surface area contributed by atoms with E-state index in [0.29, 0.717) is 18.9 Å². The molecule has 2 N–H and O–H groups in total. The highest BCUT2D eigenvalue weighted by atomic mass is 19.3. The van der Waals surface area contributed by atoms with Crippen LogP contribution >= 0.6 is 0 Å². The van der Waals surface area contributed by atoms with E-state index >= 15 is 0 Å². The maximum absolute atomic E-state index is 12.8. The predicted octanol–water partition coefficient (Wildman–Crippen LogP) is 2.36. The molecule has 0 aliphatic carbocycles. The largest absolute Gasteiger partial charge is 0.394 e. The number of aromatic nitrogens is 2. The fraction of sp³-hybridized carbons (Fsp3) is 0.733. The van der Waals surface area contributed by atoms with Gasteiger partial charge in [0.1, 0.15) is 5.82 Å². The number of aliphatic hydroxyl groups is 1. The van der Waals surface area contributed by atoms with Crippen LogP contribution in [0.1, 0.15) is 45.5 Å². The number of hydrogen-bond acceptors (Lipinski definition) is 3. The molecule has 1 atom stereocenters. The molecular formula is C15H24F2N4O2. The summed E-state index contributed by atoms with van der Waals surface area (Å²) in [7, 11) is 0. The number of hydrogen-bond donors (Lipinski definition) is 2. The molecule has 8 heteroatoms. The highest BCUT2D eigenvalue weighted by molar-refractivity contribution is 5.75. The smallest absolute Gasteiger partial charge is 0.319 e. The van der Waals surface area contributed by atoms with Crippen LogP contribution in [0.4, 0.5) is 13.6 Å². The zero-order chi connectivity index (χ0) is 17.0. The second-order valence-electron chi connectivity index (χ2n) is 6.42. The summed E-state index contributed by atoms with van der Waals surface area (Å²) >= 11 is 0. The van der Waals surface area contributed by atoms with Crippen molar-refractivity contribution in [2.24, 2.45) is 5.92 Å². The van der Waals surface area contributed by atoms with Crippen LogP contribution in [0.5, 0.6) is 0 Å². The van der Waals surface area contributed by atoms with E-state index in [-0.39, 0.29) is 25.0 Å². The van der Waals surface area contributed by atoms with Gasteiger partial charge in [0.25, 0.3) is 0 Å². The predicted molar refractivity (Wildman–Crippen MR) is 80.9 cm³/mol. The molecule has 0 saturated carbocycles. The van der Waals surface area contributed by atoms with Crippen molar-refractivity contribution in [2.75, 3.05) is 13.2 Å². The molecule has 0 aromatic carbocycles. The zero-order valence-corrected chi connectivity index (χ0v) is 13.5. The molecule has 1 fully saturated rings. The fourth-order valence-electron chi connectivity index (χ4n) is 3.37. The van der Waals surface area contributed by atoms with Crippen LogP contribution in [0.15, 0.2) is 12.4 Å². The summed E-state index contributed by atoms with van der Waals surface area (Å²) in [6.07, 6.45) is 4.74. The van der Waals surface area contributed by atoms with Gasteiger partial charge in [0.2, 0.25) is 0 Å². The average molecular weight is 330 g/mol. The van der Waals surface area contributed by atoms with Crippen molar-refractivity contribution in [1.82, 2.24) is 19.8 Å². The average Bonchev–Trinajstić information content (AvgIpc) is 3.11. The minimum atomic E-state index is -2.69. The summed E-state index contributed by atoms with van der Waals surface area (Å²) < 4.78 is 26.3. The summed E-state index contributed by atoms with van der Waals surface area (Å²) in [6, 6.07) is -0.346. The number of carbonyl (C=O) groups is 1. The standard InChI is InChI=1S/C15H24F2N4O2/c1-11(2)8-15(10-22)4-3-6-21(15)14(23)19-9-12-18-5-7-20(12)13(16)17/h5,7,11,13,22H,3-4,6,8-10H2,1-2H3,(H,19,23)/t15-/m1/s1. The van der Waals surface area contributed by atoms with Gasteiger partial charge in [0, 0.05) is 18.9 Å². The Labute approximate surface area is 134 Å². The molecule has 130 valence electrons. The van der Waals surface area contributed by atoms with Gasteiger partial charge in [0.15, 0.2) is 0 Å². The summed E-state index contributed by atoms with van der Waals surface area (Å²) in [5.74, 6) is 0.444. The van der Waals surface area contributed by atoms with E-state index in [1.165, 1.54) is 12.4 Å². The van der Waals surface area contributed by atoms with E-state index in [1.807, 2.05) is 13.8 Å². The molecule has 1 saturated heterocycles. The Kier molecular flexibility index (Phi) is 5.56. The minimum absolute atomic E-state index is 0.0736. The normalized spacial score (nSPS) is 21.4. The number of halogens is 2. The first kappa shape index (κ1) is 17.7. The first-order chi connectivity index (χ1) is 10.9. The van der Waals surface area contributed by atoms with E-state index in [1.54, 1.807) is 4.90 Å².